The van der Waals surface area contributed by atoms with Gasteiger partial charge in [0.25, 0.3) is 0 Å². The Morgan fingerprint density at radius 1 is 1.10 bits per heavy atom. The summed E-state index contributed by atoms with van der Waals surface area (Å²) in [6, 6.07) is 0.713. The standard InChI is InChI=1S/C7H13N.C2H6/c1-7(2)8-5-3-4-6-8;1-2/h3-4,7H,5-6H2,1-2H3;1-2H3. The minimum absolute atomic E-state index is 0.713. The van der Waals surface area contributed by atoms with Gasteiger partial charge in [0, 0.05) is 19.1 Å². The van der Waals surface area contributed by atoms with Gasteiger partial charge in [-0.05, 0) is 13.8 Å². The van der Waals surface area contributed by atoms with E-state index in [1.165, 1.54) is 0 Å². The van der Waals surface area contributed by atoms with Crippen molar-refractivity contribution >= 4 is 0 Å². The van der Waals surface area contributed by atoms with Crippen LogP contribution in [-0.2, 0) is 0 Å². The molecule has 0 saturated carbocycles. The van der Waals surface area contributed by atoms with Crippen LogP contribution >= 0.6 is 0 Å². The summed E-state index contributed by atoms with van der Waals surface area (Å²) in [6.07, 6.45) is 4.44. The van der Waals surface area contributed by atoms with Crippen LogP contribution in [0.4, 0.5) is 0 Å². The maximum absolute atomic E-state index is 2.42. The van der Waals surface area contributed by atoms with Crippen LogP contribution in [0, 0.1) is 0 Å². The Morgan fingerprint density at radius 3 is 1.70 bits per heavy atom. The van der Waals surface area contributed by atoms with Crippen LogP contribution in [0.15, 0.2) is 12.2 Å². The van der Waals surface area contributed by atoms with Gasteiger partial charge >= 0.3 is 0 Å². The van der Waals surface area contributed by atoms with Gasteiger partial charge in [-0.1, -0.05) is 26.0 Å². The fourth-order valence-electron chi connectivity index (χ4n) is 0.916. The van der Waals surface area contributed by atoms with Crippen LogP contribution in [0.2, 0.25) is 0 Å². The second-order valence-electron chi connectivity index (χ2n) is 2.52. The Balaban J connectivity index is 0.000000371. The van der Waals surface area contributed by atoms with E-state index in [1.807, 2.05) is 13.8 Å². The van der Waals surface area contributed by atoms with Crippen LogP contribution in [0.25, 0.3) is 0 Å². The Morgan fingerprint density at radius 2 is 1.50 bits per heavy atom. The van der Waals surface area contributed by atoms with Crippen molar-refractivity contribution in [3.63, 3.8) is 0 Å². The van der Waals surface area contributed by atoms with E-state index in [-0.39, 0.29) is 0 Å². The molecule has 0 amide bonds. The first-order chi connectivity index (χ1) is 4.80. The summed E-state index contributed by atoms with van der Waals surface area (Å²) in [4.78, 5) is 2.42. The monoisotopic (exact) mass is 141 g/mol. The third kappa shape index (κ3) is 3.02. The maximum atomic E-state index is 2.42. The second-order valence-corrected chi connectivity index (χ2v) is 2.52. The fraction of sp³-hybridized carbons (Fsp3) is 0.778. The molecule has 0 aliphatic carbocycles. The molecule has 0 atom stereocenters. The van der Waals surface area contributed by atoms with Crippen molar-refractivity contribution in [2.24, 2.45) is 0 Å². The summed E-state index contributed by atoms with van der Waals surface area (Å²) in [5.74, 6) is 0. The van der Waals surface area contributed by atoms with Gasteiger partial charge in [-0.25, -0.2) is 0 Å². The topological polar surface area (TPSA) is 3.24 Å². The molecule has 0 unspecified atom stereocenters. The van der Waals surface area contributed by atoms with Gasteiger partial charge in [0.1, 0.15) is 0 Å². The zero-order valence-corrected chi connectivity index (χ0v) is 7.59. The molecule has 0 aromatic carbocycles. The Bertz CT molecular complexity index is 86.9. The Kier molecular flexibility index (Phi) is 5.32. The van der Waals surface area contributed by atoms with Gasteiger partial charge in [-0.3, -0.25) is 4.90 Å². The first-order valence-corrected chi connectivity index (χ1v) is 4.20. The lowest BCUT2D eigenvalue weighted by atomic mass is 10.3. The van der Waals surface area contributed by atoms with Gasteiger partial charge < -0.3 is 0 Å². The van der Waals surface area contributed by atoms with E-state index in [9.17, 15) is 0 Å². The highest BCUT2D eigenvalue weighted by Gasteiger charge is 2.07. The molecule has 1 nitrogen and oxygen atoms in total. The van der Waals surface area contributed by atoms with Crippen molar-refractivity contribution in [2.45, 2.75) is 33.7 Å². The average Bonchev–Trinajstić information content (AvgIpc) is 2.42. The van der Waals surface area contributed by atoms with E-state index < -0.39 is 0 Å². The van der Waals surface area contributed by atoms with Gasteiger partial charge in [-0.2, -0.15) is 0 Å². The minimum atomic E-state index is 0.713. The number of hydrogen-bond acceptors (Lipinski definition) is 1. The molecule has 0 saturated heterocycles. The van der Waals surface area contributed by atoms with Crippen LogP contribution in [-0.4, -0.2) is 24.0 Å². The third-order valence-corrected chi connectivity index (χ3v) is 1.58. The summed E-state index contributed by atoms with van der Waals surface area (Å²) in [5.41, 5.74) is 0. The highest BCUT2D eigenvalue weighted by Crippen LogP contribution is 2.02. The summed E-state index contributed by atoms with van der Waals surface area (Å²) < 4.78 is 0. The normalized spacial score (nSPS) is 17.3. The van der Waals surface area contributed by atoms with Crippen molar-refractivity contribution in [1.29, 1.82) is 0 Å². The summed E-state index contributed by atoms with van der Waals surface area (Å²) in [7, 11) is 0. The summed E-state index contributed by atoms with van der Waals surface area (Å²) in [5, 5.41) is 0. The lowest BCUT2D eigenvalue weighted by Crippen LogP contribution is -2.27. The molecule has 0 aromatic heterocycles. The molecular formula is C9H19N. The van der Waals surface area contributed by atoms with Crippen LogP contribution in [0.3, 0.4) is 0 Å². The number of nitrogens with zero attached hydrogens (tertiary/aromatic N) is 1. The van der Waals surface area contributed by atoms with E-state index in [0.717, 1.165) is 13.1 Å². The summed E-state index contributed by atoms with van der Waals surface area (Å²) >= 11 is 0. The predicted molar refractivity (Wildman–Crippen MR) is 47.2 cm³/mol. The minimum Gasteiger partial charge on any atom is -0.294 e. The van der Waals surface area contributed by atoms with E-state index in [0.29, 0.717) is 6.04 Å². The van der Waals surface area contributed by atoms with Gasteiger partial charge in [-0.15, -0.1) is 0 Å². The predicted octanol–water partition coefficient (Wildman–Crippen LogP) is 2.29. The van der Waals surface area contributed by atoms with E-state index in [1.54, 1.807) is 0 Å². The molecule has 0 fully saturated rings. The lowest BCUT2D eigenvalue weighted by Gasteiger charge is -2.18. The molecule has 60 valence electrons. The van der Waals surface area contributed by atoms with E-state index >= 15 is 0 Å². The molecule has 10 heavy (non-hydrogen) atoms. The second kappa shape index (κ2) is 5.48. The zero-order valence-electron chi connectivity index (χ0n) is 7.59. The van der Waals surface area contributed by atoms with E-state index in [4.69, 9.17) is 0 Å². The molecule has 1 rings (SSSR count). The summed E-state index contributed by atoms with van der Waals surface area (Å²) in [6.45, 7) is 10.8. The molecule has 0 aromatic rings. The van der Waals surface area contributed by atoms with Crippen molar-refractivity contribution in [3.8, 4) is 0 Å². The van der Waals surface area contributed by atoms with E-state index in [2.05, 4.69) is 30.9 Å². The molecule has 0 N–H and O–H groups in total. The van der Waals surface area contributed by atoms with Crippen molar-refractivity contribution in [1.82, 2.24) is 4.90 Å². The quantitative estimate of drug-likeness (QED) is 0.506. The van der Waals surface area contributed by atoms with Crippen molar-refractivity contribution in [2.75, 3.05) is 13.1 Å². The van der Waals surface area contributed by atoms with Crippen LogP contribution in [0.5, 0.6) is 0 Å². The van der Waals surface area contributed by atoms with Crippen LogP contribution in [0.1, 0.15) is 27.7 Å². The smallest absolute Gasteiger partial charge is 0.0169 e. The molecule has 0 radical (unpaired) electrons. The number of rotatable bonds is 1. The zero-order chi connectivity index (χ0) is 7.98. The SMILES string of the molecule is CC.CC(C)N1CC=CC1. The first-order valence-electron chi connectivity index (χ1n) is 4.20. The molecule has 0 bridgehead atoms. The highest BCUT2D eigenvalue weighted by atomic mass is 15.1. The number of hydrogen-bond donors (Lipinski definition) is 0. The molecular weight excluding hydrogens is 122 g/mol. The highest BCUT2D eigenvalue weighted by molar-refractivity contribution is 4.96. The lowest BCUT2D eigenvalue weighted by molar-refractivity contribution is 0.288. The fourth-order valence-corrected chi connectivity index (χ4v) is 0.916. The third-order valence-electron chi connectivity index (χ3n) is 1.58. The Labute approximate surface area is 64.7 Å². The molecule has 1 aliphatic rings. The van der Waals surface area contributed by atoms with Crippen molar-refractivity contribution in [3.05, 3.63) is 12.2 Å². The Hall–Kier alpha value is -0.300. The van der Waals surface area contributed by atoms with Crippen LogP contribution < -0.4 is 0 Å². The molecule has 1 heteroatoms. The molecule has 0 spiro atoms. The van der Waals surface area contributed by atoms with Gasteiger partial charge in [0.15, 0.2) is 0 Å². The average molecular weight is 141 g/mol. The molecule has 1 aliphatic heterocycles. The largest absolute Gasteiger partial charge is 0.294 e. The van der Waals surface area contributed by atoms with Gasteiger partial charge in [0.05, 0.1) is 0 Å². The van der Waals surface area contributed by atoms with Crippen molar-refractivity contribution < 1.29 is 0 Å². The van der Waals surface area contributed by atoms with Gasteiger partial charge in [0.2, 0.25) is 0 Å². The maximum Gasteiger partial charge on any atom is 0.0169 e. The molecule has 1 heterocycles. The first kappa shape index (κ1) is 9.70.